The Morgan fingerprint density at radius 3 is 3.07 bits per heavy atom. The SMILES string of the molecule is OC1C#C/C=C\C#CCN2CCC[C@@H]12. The van der Waals surface area contributed by atoms with Crippen LogP contribution in [0.25, 0.3) is 0 Å². The van der Waals surface area contributed by atoms with Gasteiger partial charge in [-0.2, -0.15) is 0 Å². The topological polar surface area (TPSA) is 23.5 Å². The Bertz CT molecular complexity index is 350. The number of hydrogen-bond acceptors (Lipinski definition) is 2. The molecule has 2 heteroatoms. The number of aliphatic hydroxyl groups is 1. The molecule has 2 nitrogen and oxygen atoms in total. The van der Waals surface area contributed by atoms with Gasteiger partial charge in [0.25, 0.3) is 0 Å². The van der Waals surface area contributed by atoms with E-state index in [1.54, 1.807) is 12.2 Å². The van der Waals surface area contributed by atoms with E-state index in [2.05, 4.69) is 28.6 Å². The molecule has 0 bridgehead atoms. The first-order valence-corrected chi connectivity index (χ1v) is 4.94. The summed E-state index contributed by atoms with van der Waals surface area (Å²) < 4.78 is 0. The van der Waals surface area contributed by atoms with Gasteiger partial charge in [0, 0.05) is 6.04 Å². The Morgan fingerprint density at radius 2 is 2.14 bits per heavy atom. The zero-order chi connectivity index (χ0) is 9.80. The maximum atomic E-state index is 9.80. The van der Waals surface area contributed by atoms with E-state index >= 15 is 0 Å². The van der Waals surface area contributed by atoms with Crippen LogP contribution in [0.3, 0.4) is 0 Å². The van der Waals surface area contributed by atoms with Gasteiger partial charge in [-0.15, -0.1) is 0 Å². The molecule has 2 atom stereocenters. The highest BCUT2D eigenvalue weighted by Gasteiger charge is 2.28. The van der Waals surface area contributed by atoms with E-state index in [0.717, 1.165) is 25.9 Å². The molecule has 2 aliphatic heterocycles. The Labute approximate surface area is 84.6 Å². The van der Waals surface area contributed by atoms with Gasteiger partial charge >= 0.3 is 0 Å². The maximum absolute atomic E-state index is 9.80. The minimum absolute atomic E-state index is 0.184. The van der Waals surface area contributed by atoms with Crippen molar-refractivity contribution >= 4 is 0 Å². The molecule has 2 heterocycles. The van der Waals surface area contributed by atoms with E-state index in [9.17, 15) is 5.11 Å². The summed E-state index contributed by atoms with van der Waals surface area (Å²) in [5, 5.41) is 9.80. The summed E-state index contributed by atoms with van der Waals surface area (Å²) in [6, 6.07) is 0.184. The lowest BCUT2D eigenvalue weighted by atomic mass is 10.1. The van der Waals surface area contributed by atoms with Crippen molar-refractivity contribution in [2.75, 3.05) is 13.1 Å². The van der Waals surface area contributed by atoms with Crippen molar-refractivity contribution in [2.24, 2.45) is 0 Å². The van der Waals surface area contributed by atoms with E-state index < -0.39 is 6.10 Å². The summed E-state index contributed by atoms with van der Waals surface area (Å²) in [5.74, 6) is 11.6. The van der Waals surface area contributed by atoms with Crippen molar-refractivity contribution in [1.82, 2.24) is 4.90 Å². The molecule has 0 saturated carbocycles. The van der Waals surface area contributed by atoms with Crippen molar-refractivity contribution in [2.45, 2.75) is 25.0 Å². The van der Waals surface area contributed by atoms with Gasteiger partial charge < -0.3 is 5.11 Å². The van der Waals surface area contributed by atoms with Gasteiger partial charge in [0.2, 0.25) is 0 Å². The van der Waals surface area contributed by atoms with Gasteiger partial charge in [0.15, 0.2) is 0 Å². The van der Waals surface area contributed by atoms with Crippen LogP contribution in [-0.2, 0) is 0 Å². The molecule has 0 spiro atoms. The molecule has 1 unspecified atom stereocenters. The summed E-state index contributed by atoms with van der Waals surface area (Å²) in [5.41, 5.74) is 0. The molecule has 0 radical (unpaired) electrons. The van der Waals surface area contributed by atoms with E-state index in [-0.39, 0.29) is 6.04 Å². The molecule has 0 aromatic heterocycles. The van der Waals surface area contributed by atoms with Crippen LogP contribution in [0.1, 0.15) is 12.8 Å². The first kappa shape index (κ1) is 9.34. The van der Waals surface area contributed by atoms with Crippen LogP contribution >= 0.6 is 0 Å². The summed E-state index contributed by atoms with van der Waals surface area (Å²) in [7, 11) is 0. The van der Waals surface area contributed by atoms with Gasteiger partial charge in [-0.1, -0.05) is 23.7 Å². The van der Waals surface area contributed by atoms with Crippen LogP contribution in [0.4, 0.5) is 0 Å². The molecule has 0 aromatic rings. The normalized spacial score (nSPS) is 33.2. The van der Waals surface area contributed by atoms with Crippen LogP contribution in [0.5, 0.6) is 0 Å². The second-order valence-electron chi connectivity index (χ2n) is 3.57. The minimum Gasteiger partial charge on any atom is -0.379 e. The van der Waals surface area contributed by atoms with Crippen LogP contribution in [0.2, 0.25) is 0 Å². The molecule has 1 saturated heterocycles. The third-order valence-corrected chi connectivity index (χ3v) is 2.64. The van der Waals surface area contributed by atoms with Crippen molar-refractivity contribution in [3.8, 4) is 23.7 Å². The predicted molar refractivity (Wildman–Crippen MR) is 55.3 cm³/mol. The molecule has 0 aromatic carbocycles. The molecular formula is C12H13NO. The largest absolute Gasteiger partial charge is 0.379 e. The lowest BCUT2D eigenvalue weighted by Gasteiger charge is -2.23. The number of rotatable bonds is 0. The molecule has 0 aliphatic carbocycles. The fourth-order valence-electron chi connectivity index (χ4n) is 1.92. The van der Waals surface area contributed by atoms with Crippen molar-refractivity contribution in [1.29, 1.82) is 0 Å². The standard InChI is InChI=1S/C12H13NO/c14-12-8-4-2-1-3-5-9-13-10-6-7-11(12)13/h1-2,11-12,14H,6-7,9-10H2/b2-1-/t11-,12?/m0/s1. The van der Waals surface area contributed by atoms with Crippen LogP contribution in [0, 0.1) is 23.7 Å². The number of aliphatic hydroxyl groups excluding tert-OH is 1. The Balaban J connectivity index is 2.20. The highest BCUT2D eigenvalue weighted by molar-refractivity contribution is 5.28. The third-order valence-electron chi connectivity index (χ3n) is 2.64. The lowest BCUT2D eigenvalue weighted by Crippen LogP contribution is -2.38. The smallest absolute Gasteiger partial charge is 0.130 e. The number of hydrogen-bond donors (Lipinski definition) is 1. The summed E-state index contributed by atoms with van der Waals surface area (Å²) in [4.78, 5) is 2.21. The Hall–Kier alpha value is -1.22. The molecule has 72 valence electrons. The predicted octanol–water partition coefficient (Wildman–Crippen LogP) is 0.388. The number of fused-ring (bicyclic) bond motifs is 1. The number of nitrogens with zero attached hydrogens (tertiary/aromatic N) is 1. The molecule has 2 aliphatic rings. The minimum atomic E-state index is -0.526. The summed E-state index contributed by atoms with van der Waals surface area (Å²) in [6.45, 7) is 1.77. The molecule has 0 amide bonds. The monoisotopic (exact) mass is 187 g/mol. The van der Waals surface area contributed by atoms with Crippen LogP contribution in [-0.4, -0.2) is 35.2 Å². The highest BCUT2D eigenvalue weighted by Crippen LogP contribution is 2.19. The molecular weight excluding hydrogens is 174 g/mol. The third kappa shape index (κ3) is 1.99. The molecule has 1 N–H and O–H groups in total. The van der Waals surface area contributed by atoms with Crippen molar-refractivity contribution in [3.63, 3.8) is 0 Å². The van der Waals surface area contributed by atoms with Gasteiger partial charge in [0.05, 0.1) is 6.54 Å². The second kappa shape index (κ2) is 4.33. The first-order chi connectivity index (χ1) is 6.88. The van der Waals surface area contributed by atoms with E-state index in [1.165, 1.54) is 0 Å². The average Bonchev–Trinajstić information content (AvgIpc) is 2.64. The van der Waals surface area contributed by atoms with E-state index in [4.69, 9.17) is 0 Å². The Kier molecular flexibility index (Phi) is 2.89. The van der Waals surface area contributed by atoms with Crippen LogP contribution in [0.15, 0.2) is 12.2 Å². The van der Waals surface area contributed by atoms with Gasteiger partial charge in [-0.25, -0.2) is 0 Å². The van der Waals surface area contributed by atoms with E-state index in [0.29, 0.717) is 0 Å². The fraction of sp³-hybridized carbons (Fsp3) is 0.500. The van der Waals surface area contributed by atoms with Gasteiger partial charge in [-0.05, 0) is 31.5 Å². The van der Waals surface area contributed by atoms with Gasteiger partial charge in [0.1, 0.15) is 6.10 Å². The summed E-state index contributed by atoms with van der Waals surface area (Å²) in [6.07, 6.45) is 5.07. The highest BCUT2D eigenvalue weighted by atomic mass is 16.3. The Morgan fingerprint density at radius 1 is 1.29 bits per heavy atom. The average molecular weight is 187 g/mol. The molecule has 2 rings (SSSR count). The quantitative estimate of drug-likeness (QED) is 0.554. The zero-order valence-corrected chi connectivity index (χ0v) is 8.03. The zero-order valence-electron chi connectivity index (χ0n) is 8.03. The fourth-order valence-corrected chi connectivity index (χ4v) is 1.92. The second-order valence-corrected chi connectivity index (χ2v) is 3.57. The van der Waals surface area contributed by atoms with Crippen molar-refractivity contribution < 1.29 is 5.11 Å². The van der Waals surface area contributed by atoms with Gasteiger partial charge in [-0.3, -0.25) is 4.90 Å². The van der Waals surface area contributed by atoms with Crippen LogP contribution < -0.4 is 0 Å². The lowest BCUT2D eigenvalue weighted by molar-refractivity contribution is 0.122. The molecule has 1 fully saturated rings. The maximum Gasteiger partial charge on any atom is 0.130 e. The number of allylic oxidation sites excluding steroid dienone is 2. The van der Waals surface area contributed by atoms with Crippen molar-refractivity contribution in [3.05, 3.63) is 12.2 Å². The molecule has 14 heavy (non-hydrogen) atoms. The summed E-state index contributed by atoms with van der Waals surface area (Å²) >= 11 is 0. The first-order valence-electron chi connectivity index (χ1n) is 4.94. The van der Waals surface area contributed by atoms with E-state index in [1.807, 2.05) is 0 Å².